The minimum atomic E-state index is 0.497. The van der Waals surface area contributed by atoms with Gasteiger partial charge in [0.2, 0.25) is 5.89 Å². The van der Waals surface area contributed by atoms with E-state index in [2.05, 4.69) is 35.9 Å². The van der Waals surface area contributed by atoms with Gasteiger partial charge in [0.05, 0.1) is 11.9 Å². The van der Waals surface area contributed by atoms with E-state index in [0.717, 1.165) is 17.0 Å². The molecule has 3 heterocycles. The molecule has 0 spiro atoms. The van der Waals surface area contributed by atoms with Crippen LogP contribution in [0.15, 0.2) is 35.2 Å². The Labute approximate surface area is 105 Å². The van der Waals surface area contributed by atoms with Crippen LogP contribution in [-0.4, -0.2) is 14.4 Å². The maximum atomic E-state index is 5.37. The highest BCUT2D eigenvalue weighted by molar-refractivity contribution is 5.60. The lowest BCUT2D eigenvalue weighted by Crippen LogP contribution is -1.93. The van der Waals surface area contributed by atoms with Crippen LogP contribution in [0.2, 0.25) is 0 Å². The van der Waals surface area contributed by atoms with Gasteiger partial charge in [-0.2, -0.15) is 0 Å². The number of hydrogen-bond donors (Lipinski definition) is 0. The highest BCUT2D eigenvalue weighted by Gasteiger charge is 2.15. The molecule has 0 amide bonds. The third-order valence-corrected chi connectivity index (χ3v) is 3.13. The molecular weight excluding hydrogens is 226 g/mol. The number of aromatic nitrogens is 3. The molecule has 0 unspecified atom stereocenters. The number of pyridine rings is 1. The predicted octanol–water partition coefficient (Wildman–Crippen LogP) is 3.42. The van der Waals surface area contributed by atoms with E-state index in [9.17, 15) is 0 Å². The molecule has 0 aliphatic rings. The Morgan fingerprint density at radius 3 is 2.83 bits per heavy atom. The number of rotatable bonds is 2. The lowest BCUT2D eigenvalue weighted by atomic mass is 10.1. The standard InChI is InChI=1S/C14H15N3O/c1-9(2)11-4-6-17-12(8-11)16-10(3)13(17)14-15-5-7-18-14/h4-9H,1-3H3. The van der Waals surface area contributed by atoms with Crippen LogP contribution < -0.4 is 0 Å². The Morgan fingerprint density at radius 2 is 2.17 bits per heavy atom. The van der Waals surface area contributed by atoms with Gasteiger partial charge in [0.25, 0.3) is 0 Å². The molecule has 0 aliphatic heterocycles. The van der Waals surface area contributed by atoms with Gasteiger partial charge in [-0.1, -0.05) is 13.8 Å². The molecule has 0 radical (unpaired) electrons. The fourth-order valence-corrected chi connectivity index (χ4v) is 2.14. The maximum Gasteiger partial charge on any atom is 0.245 e. The van der Waals surface area contributed by atoms with Crippen LogP contribution in [0.4, 0.5) is 0 Å². The first-order chi connectivity index (χ1) is 8.66. The normalized spacial score (nSPS) is 11.6. The minimum absolute atomic E-state index is 0.497. The zero-order valence-electron chi connectivity index (χ0n) is 10.7. The molecule has 3 aromatic heterocycles. The smallest absolute Gasteiger partial charge is 0.245 e. The molecule has 0 saturated heterocycles. The Kier molecular flexibility index (Phi) is 2.44. The average molecular weight is 241 g/mol. The first kappa shape index (κ1) is 11.0. The second kappa shape index (κ2) is 3.98. The van der Waals surface area contributed by atoms with Gasteiger partial charge in [-0.05, 0) is 30.5 Å². The molecule has 3 aromatic rings. The van der Waals surface area contributed by atoms with Crippen molar-refractivity contribution in [2.75, 3.05) is 0 Å². The zero-order chi connectivity index (χ0) is 12.7. The van der Waals surface area contributed by atoms with Crippen LogP contribution in [0, 0.1) is 6.92 Å². The van der Waals surface area contributed by atoms with E-state index in [0.29, 0.717) is 11.8 Å². The van der Waals surface area contributed by atoms with Gasteiger partial charge < -0.3 is 4.42 Å². The van der Waals surface area contributed by atoms with Gasteiger partial charge >= 0.3 is 0 Å². The van der Waals surface area contributed by atoms with Crippen molar-refractivity contribution in [2.24, 2.45) is 0 Å². The van der Waals surface area contributed by atoms with Gasteiger partial charge in [0, 0.05) is 6.20 Å². The van der Waals surface area contributed by atoms with Crippen molar-refractivity contribution in [1.82, 2.24) is 14.4 Å². The first-order valence-electron chi connectivity index (χ1n) is 6.05. The van der Waals surface area contributed by atoms with Gasteiger partial charge in [-0.25, -0.2) is 9.97 Å². The topological polar surface area (TPSA) is 43.3 Å². The number of hydrogen-bond acceptors (Lipinski definition) is 3. The number of oxazole rings is 1. The van der Waals surface area contributed by atoms with E-state index in [4.69, 9.17) is 4.42 Å². The van der Waals surface area contributed by atoms with Crippen molar-refractivity contribution < 1.29 is 4.42 Å². The van der Waals surface area contributed by atoms with Gasteiger partial charge in [0.15, 0.2) is 0 Å². The number of imidazole rings is 1. The summed E-state index contributed by atoms with van der Waals surface area (Å²) in [5.41, 5.74) is 4.07. The van der Waals surface area contributed by atoms with Crippen LogP contribution in [0.3, 0.4) is 0 Å². The summed E-state index contributed by atoms with van der Waals surface area (Å²) in [4.78, 5) is 8.77. The Bertz CT molecular complexity index is 680. The average Bonchev–Trinajstić information content (AvgIpc) is 2.93. The van der Waals surface area contributed by atoms with E-state index in [1.165, 1.54) is 5.56 Å². The Hall–Kier alpha value is -2.10. The molecule has 92 valence electrons. The lowest BCUT2D eigenvalue weighted by molar-refractivity contribution is 0.571. The molecule has 0 aromatic carbocycles. The molecule has 18 heavy (non-hydrogen) atoms. The maximum absolute atomic E-state index is 5.37. The largest absolute Gasteiger partial charge is 0.443 e. The first-order valence-corrected chi connectivity index (χ1v) is 6.05. The highest BCUT2D eigenvalue weighted by atomic mass is 16.3. The van der Waals surface area contributed by atoms with Gasteiger partial charge in [-0.3, -0.25) is 4.40 Å². The fourth-order valence-electron chi connectivity index (χ4n) is 2.14. The number of fused-ring (bicyclic) bond motifs is 1. The summed E-state index contributed by atoms with van der Waals surface area (Å²) in [7, 11) is 0. The highest BCUT2D eigenvalue weighted by Crippen LogP contribution is 2.25. The lowest BCUT2D eigenvalue weighted by Gasteiger charge is -2.05. The SMILES string of the molecule is Cc1nc2cc(C(C)C)ccn2c1-c1ncco1. The molecule has 4 heteroatoms. The predicted molar refractivity (Wildman–Crippen MR) is 69.5 cm³/mol. The van der Waals surface area contributed by atoms with Crippen LogP contribution in [-0.2, 0) is 0 Å². The molecular formula is C14H15N3O. The fraction of sp³-hybridized carbons (Fsp3) is 0.286. The van der Waals surface area contributed by atoms with E-state index in [1.54, 1.807) is 12.5 Å². The molecule has 0 aliphatic carbocycles. The minimum Gasteiger partial charge on any atom is -0.443 e. The molecule has 0 N–H and O–H groups in total. The summed E-state index contributed by atoms with van der Waals surface area (Å²) in [5, 5.41) is 0. The van der Waals surface area contributed by atoms with Gasteiger partial charge in [0.1, 0.15) is 17.6 Å². The molecule has 3 rings (SSSR count). The monoisotopic (exact) mass is 241 g/mol. The Morgan fingerprint density at radius 1 is 1.33 bits per heavy atom. The second-order valence-corrected chi connectivity index (χ2v) is 4.73. The van der Waals surface area contributed by atoms with Crippen molar-refractivity contribution in [3.8, 4) is 11.6 Å². The van der Waals surface area contributed by atoms with Crippen molar-refractivity contribution in [3.05, 3.63) is 42.0 Å². The van der Waals surface area contributed by atoms with Crippen molar-refractivity contribution in [1.29, 1.82) is 0 Å². The molecule has 4 nitrogen and oxygen atoms in total. The van der Waals surface area contributed by atoms with Crippen LogP contribution in [0.5, 0.6) is 0 Å². The third kappa shape index (κ3) is 1.61. The molecule has 0 atom stereocenters. The summed E-state index contributed by atoms with van der Waals surface area (Å²) >= 11 is 0. The molecule has 0 saturated carbocycles. The van der Waals surface area contributed by atoms with Crippen molar-refractivity contribution in [2.45, 2.75) is 26.7 Å². The van der Waals surface area contributed by atoms with E-state index >= 15 is 0 Å². The van der Waals surface area contributed by atoms with E-state index in [1.807, 2.05) is 17.5 Å². The zero-order valence-corrected chi connectivity index (χ0v) is 10.7. The quantitative estimate of drug-likeness (QED) is 0.690. The molecule has 0 bridgehead atoms. The summed E-state index contributed by atoms with van der Waals surface area (Å²) in [6, 6.07) is 4.23. The molecule has 0 fully saturated rings. The van der Waals surface area contributed by atoms with Crippen molar-refractivity contribution in [3.63, 3.8) is 0 Å². The van der Waals surface area contributed by atoms with Crippen LogP contribution in [0.25, 0.3) is 17.2 Å². The summed E-state index contributed by atoms with van der Waals surface area (Å²) < 4.78 is 7.39. The van der Waals surface area contributed by atoms with Crippen molar-refractivity contribution >= 4 is 5.65 Å². The van der Waals surface area contributed by atoms with E-state index in [-0.39, 0.29) is 0 Å². The number of aryl methyl sites for hydroxylation is 1. The van der Waals surface area contributed by atoms with Gasteiger partial charge in [-0.15, -0.1) is 0 Å². The summed E-state index contributed by atoms with van der Waals surface area (Å²) in [6.07, 6.45) is 5.26. The summed E-state index contributed by atoms with van der Waals surface area (Å²) in [6.45, 7) is 6.33. The third-order valence-electron chi connectivity index (χ3n) is 3.13. The van der Waals surface area contributed by atoms with E-state index < -0.39 is 0 Å². The Balaban J connectivity index is 2.25. The summed E-state index contributed by atoms with van der Waals surface area (Å²) in [5.74, 6) is 1.11. The van der Waals surface area contributed by atoms with Crippen LogP contribution in [0.1, 0.15) is 31.0 Å². The van der Waals surface area contributed by atoms with Crippen LogP contribution >= 0.6 is 0 Å². The second-order valence-electron chi connectivity index (χ2n) is 4.73. The number of nitrogens with zero attached hydrogens (tertiary/aromatic N) is 3.